The van der Waals surface area contributed by atoms with Crippen LogP contribution in [0.15, 0.2) is 30.6 Å². The molecule has 7 nitrogen and oxygen atoms in total. The van der Waals surface area contributed by atoms with E-state index >= 15 is 0 Å². The van der Waals surface area contributed by atoms with Crippen molar-refractivity contribution in [3.05, 3.63) is 30.6 Å². The maximum Gasteiger partial charge on any atom is 0.268 e. The number of ether oxygens (including phenoxy) is 2. The van der Waals surface area contributed by atoms with Crippen molar-refractivity contribution in [3.8, 4) is 0 Å². The van der Waals surface area contributed by atoms with E-state index in [1.165, 1.54) is 70.6 Å². The molecule has 0 saturated heterocycles. The van der Waals surface area contributed by atoms with Gasteiger partial charge in [-0.2, -0.15) is 0 Å². The van der Waals surface area contributed by atoms with Gasteiger partial charge in [-0.1, -0.05) is 83.6 Å². The Balaban J connectivity index is 1.78. The van der Waals surface area contributed by atoms with E-state index in [0.29, 0.717) is 19.8 Å². The van der Waals surface area contributed by atoms with E-state index < -0.39 is 7.82 Å². The quantitative estimate of drug-likeness (QED) is 0.113. The Morgan fingerprint density at radius 3 is 1.73 bits per heavy atom. The second kappa shape index (κ2) is 21.7. The lowest BCUT2D eigenvalue weighted by atomic mass is 10.1. The van der Waals surface area contributed by atoms with Gasteiger partial charge in [0.05, 0.1) is 26.4 Å². The molecule has 1 heterocycles. The maximum absolute atomic E-state index is 11.7. The third-order valence-corrected chi connectivity index (χ3v) is 6.37. The van der Waals surface area contributed by atoms with Crippen molar-refractivity contribution in [2.45, 2.75) is 90.5 Å². The highest BCUT2D eigenvalue weighted by atomic mass is 31.2. The van der Waals surface area contributed by atoms with Crippen LogP contribution in [0, 0.1) is 0 Å². The summed E-state index contributed by atoms with van der Waals surface area (Å²) in [5, 5.41) is 0. The first kappa shape index (κ1) is 30.2. The van der Waals surface area contributed by atoms with Crippen LogP contribution in [0.2, 0.25) is 0 Å². The molecule has 0 fully saturated rings. The van der Waals surface area contributed by atoms with Gasteiger partial charge in [0.1, 0.15) is 6.61 Å². The number of pyridine rings is 1. The molecule has 1 aromatic heterocycles. The topological polar surface area (TPSA) is 80.9 Å². The van der Waals surface area contributed by atoms with Crippen molar-refractivity contribution in [3.63, 3.8) is 0 Å². The highest BCUT2D eigenvalue weighted by Gasteiger charge is 2.10. The van der Waals surface area contributed by atoms with Gasteiger partial charge in [0.25, 0.3) is 7.82 Å². The third kappa shape index (κ3) is 20.3. The standard InChI is InChI=1S/C25H46NO6P/c1-2-3-4-5-6-7-8-9-10-11-12-16-20-29-22-23-30-24-25-32-33(27,28)31-21-19-26-17-14-13-15-18-26/h13-15,17-18H,2-12,16,19-25H2,1H3. The van der Waals surface area contributed by atoms with Crippen molar-refractivity contribution in [2.75, 3.05) is 39.6 Å². The van der Waals surface area contributed by atoms with E-state index in [1.54, 1.807) is 0 Å². The zero-order chi connectivity index (χ0) is 23.9. The zero-order valence-corrected chi connectivity index (χ0v) is 21.6. The van der Waals surface area contributed by atoms with E-state index in [9.17, 15) is 9.46 Å². The second-order valence-corrected chi connectivity index (χ2v) is 9.75. The molecule has 8 heteroatoms. The van der Waals surface area contributed by atoms with Crippen LogP contribution in [-0.4, -0.2) is 39.6 Å². The number of rotatable bonds is 24. The molecule has 192 valence electrons. The molecule has 0 bridgehead atoms. The van der Waals surface area contributed by atoms with Crippen LogP contribution in [0.5, 0.6) is 0 Å². The number of phosphoric acid groups is 1. The molecule has 1 unspecified atom stereocenters. The molecule has 0 saturated carbocycles. The Hall–Kier alpha value is -0.820. The van der Waals surface area contributed by atoms with Crippen LogP contribution in [0.25, 0.3) is 0 Å². The van der Waals surface area contributed by atoms with Crippen LogP contribution in [0.4, 0.5) is 0 Å². The van der Waals surface area contributed by atoms with Crippen molar-refractivity contribution < 1.29 is 32.5 Å². The van der Waals surface area contributed by atoms with Crippen LogP contribution in [0.3, 0.4) is 0 Å². The summed E-state index contributed by atoms with van der Waals surface area (Å²) in [6, 6.07) is 5.63. The lowest BCUT2D eigenvalue weighted by Crippen LogP contribution is -2.34. The number of hydrogen-bond acceptors (Lipinski definition) is 6. The lowest BCUT2D eigenvalue weighted by Gasteiger charge is -2.21. The van der Waals surface area contributed by atoms with Gasteiger partial charge in [-0.3, -0.25) is 4.57 Å². The van der Waals surface area contributed by atoms with Crippen molar-refractivity contribution in [2.24, 2.45) is 0 Å². The molecule has 0 aliphatic rings. The van der Waals surface area contributed by atoms with Gasteiger partial charge < -0.3 is 23.4 Å². The molecule has 0 N–H and O–H groups in total. The molecule has 1 rings (SSSR count). The summed E-state index contributed by atoms with van der Waals surface area (Å²) in [6.07, 6.45) is 19.7. The number of hydrogen-bond donors (Lipinski definition) is 0. The highest BCUT2D eigenvalue weighted by molar-refractivity contribution is 7.45. The molecule has 0 aliphatic heterocycles. The molecule has 1 aromatic rings. The molecule has 33 heavy (non-hydrogen) atoms. The molecule has 0 aliphatic carbocycles. The number of aromatic nitrogens is 1. The van der Waals surface area contributed by atoms with Gasteiger partial charge in [0, 0.05) is 18.7 Å². The monoisotopic (exact) mass is 487 g/mol. The number of phosphoric ester groups is 1. The first-order valence-corrected chi connectivity index (χ1v) is 14.3. The second-order valence-electron chi connectivity index (χ2n) is 8.34. The van der Waals surface area contributed by atoms with Gasteiger partial charge in [-0.15, -0.1) is 0 Å². The van der Waals surface area contributed by atoms with Crippen LogP contribution < -0.4 is 9.46 Å². The summed E-state index contributed by atoms with van der Waals surface area (Å²) in [6.45, 7) is 4.54. The summed E-state index contributed by atoms with van der Waals surface area (Å²) in [4.78, 5) is 11.7. The largest absolute Gasteiger partial charge is 0.756 e. The molecule has 0 aromatic carbocycles. The summed E-state index contributed by atoms with van der Waals surface area (Å²) < 4.78 is 34.1. The third-order valence-electron chi connectivity index (χ3n) is 5.37. The molecule has 0 amide bonds. The summed E-state index contributed by atoms with van der Waals surface area (Å²) in [5.41, 5.74) is 0. The van der Waals surface area contributed by atoms with Crippen LogP contribution in [-0.2, 0) is 29.6 Å². The fourth-order valence-corrected chi connectivity index (χ4v) is 4.13. The lowest BCUT2D eigenvalue weighted by molar-refractivity contribution is -0.697. The predicted octanol–water partition coefficient (Wildman–Crippen LogP) is 5.21. The van der Waals surface area contributed by atoms with E-state index in [1.807, 2.05) is 35.2 Å². The van der Waals surface area contributed by atoms with E-state index in [4.69, 9.17) is 18.5 Å². The van der Waals surface area contributed by atoms with Crippen molar-refractivity contribution in [1.29, 1.82) is 0 Å². The molecule has 1 atom stereocenters. The minimum absolute atomic E-state index is 0.0310. The highest BCUT2D eigenvalue weighted by Crippen LogP contribution is 2.37. The first-order valence-electron chi connectivity index (χ1n) is 12.8. The SMILES string of the molecule is CCCCCCCCCCCCCCOCCOCCOP(=O)([O-])OCC[n+]1ccccc1. The molecule has 0 radical (unpaired) electrons. The van der Waals surface area contributed by atoms with E-state index in [0.717, 1.165) is 13.0 Å². The molecular weight excluding hydrogens is 441 g/mol. The van der Waals surface area contributed by atoms with Crippen LogP contribution in [0.1, 0.15) is 84.0 Å². The van der Waals surface area contributed by atoms with Gasteiger partial charge in [-0.05, 0) is 6.42 Å². The molecule has 0 spiro atoms. The minimum Gasteiger partial charge on any atom is -0.756 e. The average Bonchev–Trinajstić information content (AvgIpc) is 2.81. The Kier molecular flexibility index (Phi) is 19.9. The van der Waals surface area contributed by atoms with Gasteiger partial charge in [0.15, 0.2) is 18.9 Å². The Labute approximate surface area is 201 Å². The Morgan fingerprint density at radius 1 is 0.636 bits per heavy atom. The predicted molar refractivity (Wildman–Crippen MR) is 129 cm³/mol. The normalized spacial score (nSPS) is 13.3. The van der Waals surface area contributed by atoms with Gasteiger partial charge in [-0.25, -0.2) is 4.57 Å². The van der Waals surface area contributed by atoms with E-state index in [-0.39, 0.29) is 19.8 Å². The first-order chi connectivity index (χ1) is 16.1. The minimum atomic E-state index is -4.30. The zero-order valence-electron chi connectivity index (χ0n) is 20.7. The Bertz CT molecular complexity index is 590. The van der Waals surface area contributed by atoms with Gasteiger partial charge in [0.2, 0.25) is 0 Å². The number of nitrogens with zero attached hydrogens (tertiary/aromatic N) is 1. The van der Waals surface area contributed by atoms with Crippen molar-refractivity contribution in [1.82, 2.24) is 0 Å². The smallest absolute Gasteiger partial charge is 0.268 e. The summed E-state index contributed by atoms with van der Waals surface area (Å²) >= 11 is 0. The Morgan fingerprint density at radius 2 is 1.12 bits per heavy atom. The summed E-state index contributed by atoms with van der Waals surface area (Å²) in [5.74, 6) is 0. The number of unbranched alkanes of at least 4 members (excludes halogenated alkanes) is 11. The fraction of sp³-hybridized carbons (Fsp3) is 0.800. The van der Waals surface area contributed by atoms with Crippen LogP contribution >= 0.6 is 7.82 Å². The average molecular weight is 488 g/mol. The summed E-state index contributed by atoms with van der Waals surface area (Å²) in [7, 11) is -4.30. The van der Waals surface area contributed by atoms with Gasteiger partial charge >= 0.3 is 0 Å². The molecular formula is C25H46NO6P. The van der Waals surface area contributed by atoms with Crippen molar-refractivity contribution >= 4 is 7.82 Å². The maximum atomic E-state index is 11.7. The van der Waals surface area contributed by atoms with E-state index in [2.05, 4.69) is 6.92 Å². The fourth-order valence-electron chi connectivity index (χ4n) is 3.45.